The number of aliphatic hydroxyl groups is 2. The lowest BCUT2D eigenvalue weighted by Crippen LogP contribution is -2.40. The number of aryl methyl sites for hydroxylation is 2. The molecule has 5 heterocycles. The first-order valence-corrected chi connectivity index (χ1v) is 15.2. The van der Waals surface area contributed by atoms with E-state index >= 15 is 0 Å². The van der Waals surface area contributed by atoms with Crippen molar-refractivity contribution < 1.29 is 56.7 Å². The zero-order valence-corrected chi connectivity index (χ0v) is 23.5. The molecule has 20 nitrogen and oxygen atoms in total. The van der Waals surface area contributed by atoms with Crippen molar-refractivity contribution in [3.63, 3.8) is 0 Å². The van der Waals surface area contributed by atoms with Gasteiger partial charge in [0, 0.05) is 23.5 Å². The van der Waals surface area contributed by atoms with Gasteiger partial charge in [-0.1, -0.05) is 0 Å². The first-order valence-electron chi connectivity index (χ1n) is 12.2. The van der Waals surface area contributed by atoms with E-state index < -0.39 is 100 Å². The quantitative estimate of drug-likeness (QED) is 0.181. The Morgan fingerprint density at radius 1 is 0.738 bits per heavy atom. The van der Waals surface area contributed by atoms with Crippen molar-refractivity contribution >= 4 is 15.6 Å². The maximum absolute atomic E-state index is 12.9. The first-order chi connectivity index (χ1) is 19.6. The van der Waals surface area contributed by atoms with Crippen molar-refractivity contribution in [3.05, 3.63) is 65.2 Å². The van der Waals surface area contributed by atoms with Gasteiger partial charge in [-0.15, -0.1) is 0 Å². The number of aromatic amines is 2. The molecule has 0 radical (unpaired) electrons. The first kappa shape index (κ1) is 30.9. The molecule has 0 aliphatic carbocycles. The summed E-state index contributed by atoms with van der Waals surface area (Å²) in [5.74, 6) is 0. The Balaban J connectivity index is 1.44. The molecule has 3 saturated heterocycles. The number of ether oxygens (including phenoxy) is 2. The molecule has 0 bridgehead atoms. The lowest BCUT2D eigenvalue weighted by molar-refractivity contribution is -0.0685. The highest BCUT2D eigenvalue weighted by Crippen LogP contribution is 2.53. The molecule has 10 atom stereocenters. The number of phosphoric ester groups is 2. The topological polar surface area (TPSA) is 280 Å². The zero-order chi connectivity index (χ0) is 30.7. The molecule has 22 heteroatoms. The molecule has 0 aromatic carbocycles. The Hall–Kier alpha value is -2.58. The average molecular weight is 640 g/mol. The molecule has 42 heavy (non-hydrogen) atoms. The van der Waals surface area contributed by atoms with Crippen LogP contribution in [0.3, 0.4) is 0 Å². The number of nitrogens with one attached hydrogen (secondary N) is 2. The second kappa shape index (κ2) is 11.2. The Labute approximate surface area is 233 Å². The molecule has 3 fully saturated rings. The molecule has 2 unspecified atom stereocenters. The van der Waals surface area contributed by atoms with Crippen LogP contribution in [0.5, 0.6) is 0 Å². The van der Waals surface area contributed by atoms with E-state index in [1.807, 2.05) is 9.97 Å². The van der Waals surface area contributed by atoms with E-state index in [-0.39, 0.29) is 11.1 Å². The van der Waals surface area contributed by atoms with Gasteiger partial charge < -0.3 is 29.5 Å². The number of hydrogen-bond acceptors (Lipinski definition) is 14. The van der Waals surface area contributed by atoms with E-state index in [2.05, 4.69) is 0 Å². The van der Waals surface area contributed by atoms with E-state index in [0.717, 1.165) is 21.5 Å². The summed E-state index contributed by atoms with van der Waals surface area (Å²) in [5, 5.41) is 21.8. The third kappa shape index (κ3) is 5.94. The second-order valence-corrected chi connectivity index (χ2v) is 12.5. The molecule has 6 N–H and O–H groups in total. The van der Waals surface area contributed by atoms with Crippen molar-refractivity contribution in [2.45, 2.75) is 62.9 Å². The number of nitrogens with zero attached hydrogens (tertiary/aromatic N) is 2. The molecule has 0 spiro atoms. The summed E-state index contributed by atoms with van der Waals surface area (Å²) in [4.78, 5) is 73.1. The van der Waals surface area contributed by atoms with Crippen LogP contribution in [0.2, 0.25) is 0 Å². The van der Waals surface area contributed by atoms with Crippen LogP contribution in [0.25, 0.3) is 0 Å². The van der Waals surface area contributed by atoms with E-state index in [1.54, 1.807) is 0 Å². The Bertz CT molecular complexity index is 1580. The van der Waals surface area contributed by atoms with Crippen molar-refractivity contribution in [1.82, 2.24) is 19.1 Å². The minimum atomic E-state index is -5.12. The van der Waals surface area contributed by atoms with Crippen LogP contribution >= 0.6 is 15.6 Å². The predicted octanol–water partition coefficient (Wildman–Crippen LogP) is -2.76. The van der Waals surface area contributed by atoms with Crippen molar-refractivity contribution in [3.8, 4) is 0 Å². The highest BCUT2D eigenvalue weighted by Gasteiger charge is 2.53. The zero-order valence-electron chi connectivity index (χ0n) is 21.7. The van der Waals surface area contributed by atoms with Crippen molar-refractivity contribution in [2.75, 3.05) is 13.2 Å². The van der Waals surface area contributed by atoms with Crippen molar-refractivity contribution in [1.29, 1.82) is 0 Å². The fourth-order valence-electron chi connectivity index (χ4n) is 4.68. The number of rotatable bonds is 2. The SMILES string of the molecule is Cc1cn([C@@H]2O[C@@H]3COP(=O)(O)O[C@H]4[C@@H](O)[C@H](n5cc(C)c(=O)[nH]c5=O)O[C@@H]4COP(=O)(O)O[C@H]3[C@H]2O)c(=O)[nH]c1=O. The fraction of sp³-hybridized carbons (Fsp3) is 0.600. The smallest absolute Gasteiger partial charge is 0.386 e. The lowest BCUT2D eigenvalue weighted by Gasteiger charge is -2.27. The van der Waals surface area contributed by atoms with Crippen LogP contribution < -0.4 is 22.5 Å². The third-order valence-corrected chi connectivity index (χ3v) is 8.74. The largest absolute Gasteiger partial charge is 0.472 e. The molecule has 3 aliphatic rings. The fourth-order valence-corrected chi connectivity index (χ4v) is 6.61. The van der Waals surface area contributed by atoms with Gasteiger partial charge >= 0.3 is 27.0 Å². The molecule has 232 valence electrons. The van der Waals surface area contributed by atoms with Gasteiger partial charge in [-0.05, 0) is 13.8 Å². The second-order valence-electron chi connectivity index (χ2n) is 9.74. The standard InChI is InChI=1S/C20H26N4O16P2/c1-7-3-23(19(29)21-15(7)27)17-11(25)13-9(37-17)5-35-42(33,34)40-14-10(6-36-41(31,32)39-13)38-18(12(14)26)24-4-8(2)16(28)22-20(24)30/h3-4,9-14,17-18,25-26H,5-6H2,1-2H3,(H,31,32)(H,33,34)(H,21,27,29)(H,22,28,30)/t9-,10-,11-,12-,13-,14-,17-,18-/m1/s1. The molecule has 3 aliphatic heterocycles. The highest BCUT2D eigenvalue weighted by molar-refractivity contribution is 7.47. The Morgan fingerprint density at radius 3 is 1.45 bits per heavy atom. The van der Waals surface area contributed by atoms with Crippen LogP contribution in [-0.4, -0.2) is 88.9 Å². The summed E-state index contributed by atoms with van der Waals surface area (Å²) >= 11 is 0. The number of aliphatic hydroxyl groups excluding tert-OH is 2. The Kier molecular flexibility index (Phi) is 8.20. The highest BCUT2D eigenvalue weighted by atomic mass is 31.2. The van der Waals surface area contributed by atoms with Gasteiger partial charge in [-0.25, -0.2) is 18.7 Å². The van der Waals surface area contributed by atoms with Crippen LogP contribution in [-0.2, 0) is 36.7 Å². The van der Waals surface area contributed by atoms with Gasteiger partial charge in [0.05, 0.1) is 13.2 Å². The van der Waals surface area contributed by atoms with Crippen LogP contribution in [0, 0.1) is 13.8 Å². The van der Waals surface area contributed by atoms with E-state index in [9.17, 15) is 48.3 Å². The molecule has 0 saturated carbocycles. The monoisotopic (exact) mass is 640 g/mol. The number of aromatic nitrogens is 4. The van der Waals surface area contributed by atoms with Crippen LogP contribution in [0.4, 0.5) is 0 Å². The van der Waals surface area contributed by atoms with E-state index in [1.165, 1.54) is 13.8 Å². The van der Waals surface area contributed by atoms with Gasteiger partial charge in [0.1, 0.15) is 36.6 Å². The summed E-state index contributed by atoms with van der Waals surface area (Å²) in [6, 6.07) is 0. The van der Waals surface area contributed by atoms with Gasteiger partial charge in [0.15, 0.2) is 12.5 Å². The Morgan fingerprint density at radius 2 is 1.10 bits per heavy atom. The van der Waals surface area contributed by atoms with Gasteiger partial charge in [-0.3, -0.25) is 46.8 Å². The summed E-state index contributed by atoms with van der Waals surface area (Å²) < 4.78 is 58.7. The molecular formula is C20H26N4O16P2. The van der Waals surface area contributed by atoms with E-state index in [4.69, 9.17) is 27.6 Å². The third-order valence-electron chi connectivity index (χ3n) is 6.77. The average Bonchev–Trinajstić information content (AvgIpc) is 3.36. The molecule has 2 aromatic rings. The molecule has 0 amide bonds. The summed E-state index contributed by atoms with van der Waals surface area (Å²) in [7, 11) is -10.2. The number of H-pyrrole nitrogens is 2. The van der Waals surface area contributed by atoms with E-state index in [0.29, 0.717) is 0 Å². The normalized spacial score (nSPS) is 39.2. The lowest BCUT2D eigenvalue weighted by atomic mass is 10.1. The predicted molar refractivity (Wildman–Crippen MR) is 133 cm³/mol. The minimum Gasteiger partial charge on any atom is -0.386 e. The molecule has 2 aromatic heterocycles. The van der Waals surface area contributed by atoms with Gasteiger partial charge in [-0.2, -0.15) is 0 Å². The van der Waals surface area contributed by atoms with Gasteiger partial charge in [0.25, 0.3) is 11.1 Å². The maximum atomic E-state index is 12.9. The number of hydrogen-bond donors (Lipinski definition) is 6. The number of phosphoric acid groups is 2. The van der Waals surface area contributed by atoms with Crippen LogP contribution in [0.1, 0.15) is 23.6 Å². The molecule has 5 rings (SSSR count). The van der Waals surface area contributed by atoms with Crippen molar-refractivity contribution in [2.24, 2.45) is 0 Å². The maximum Gasteiger partial charge on any atom is 0.472 e. The van der Waals surface area contributed by atoms with Gasteiger partial charge in [0.2, 0.25) is 0 Å². The summed E-state index contributed by atoms with van der Waals surface area (Å²) in [5.41, 5.74) is -3.31. The number of fused-ring (bicyclic) bond motifs is 2. The summed E-state index contributed by atoms with van der Waals surface area (Å²) in [6.45, 7) is 0.892. The summed E-state index contributed by atoms with van der Waals surface area (Å²) in [6.07, 6.45) is -11.6. The molecular weight excluding hydrogens is 614 g/mol. The van der Waals surface area contributed by atoms with Crippen LogP contribution in [0.15, 0.2) is 31.6 Å². The minimum absolute atomic E-state index is 0.0561.